The molecule has 0 aliphatic heterocycles. The molecule has 0 radical (unpaired) electrons. The second-order valence-electron chi connectivity index (χ2n) is 6.72. The van der Waals surface area contributed by atoms with E-state index in [4.69, 9.17) is 5.73 Å². The van der Waals surface area contributed by atoms with Crippen LogP contribution in [0.1, 0.15) is 26.3 Å². The van der Waals surface area contributed by atoms with Crippen molar-refractivity contribution in [3.8, 4) is 0 Å². The van der Waals surface area contributed by atoms with Gasteiger partial charge in [0.05, 0.1) is 6.04 Å². The quantitative estimate of drug-likeness (QED) is 0.939. The number of nitrogens with zero attached hydrogens (tertiary/aromatic N) is 1. The summed E-state index contributed by atoms with van der Waals surface area (Å²) < 4.78 is 0. The minimum Gasteiger partial charge on any atom is -0.340 e. The summed E-state index contributed by atoms with van der Waals surface area (Å²) in [5, 5.41) is 2.40. The zero-order chi connectivity index (χ0) is 15.6. The molecule has 1 atom stereocenters. The van der Waals surface area contributed by atoms with Crippen LogP contribution in [0.15, 0.2) is 42.5 Å². The zero-order valence-electron chi connectivity index (χ0n) is 13.7. The first kappa shape index (κ1) is 18.5. The van der Waals surface area contributed by atoms with E-state index >= 15 is 0 Å². The highest BCUT2D eigenvalue weighted by Gasteiger charge is 2.29. The summed E-state index contributed by atoms with van der Waals surface area (Å²) in [5.41, 5.74) is 6.94. The van der Waals surface area contributed by atoms with Crippen molar-refractivity contribution >= 4 is 29.1 Å². The third-order valence-electron chi connectivity index (χ3n) is 3.81. The van der Waals surface area contributed by atoms with Crippen LogP contribution in [0.2, 0.25) is 0 Å². The lowest BCUT2D eigenvalue weighted by Gasteiger charge is -2.30. The highest BCUT2D eigenvalue weighted by atomic mass is 35.5. The van der Waals surface area contributed by atoms with E-state index in [1.807, 2.05) is 40.0 Å². The lowest BCUT2D eigenvalue weighted by Crippen LogP contribution is -2.48. The van der Waals surface area contributed by atoms with E-state index in [1.54, 1.807) is 4.90 Å². The van der Waals surface area contributed by atoms with Gasteiger partial charge in [0.2, 0.25) is 5.91 Å². The number of halogens is 1. The predicted octanol–water partition coefficient (Wildman–Crippen LogP) is 3.59. The van der Waals surface area contributed by atoms with Crippen LogP contribution in [0.5, 0.6) is 0 Å². The monoisotopic (exact) mass is 320 g/mol. The molecule has 22 heavy (non-hydrogen) atoms. The van der Waals surface area contributed by atoms with E-state index in [0.717, 1.165) is 5.56 Å². The predicted molar refractivity (Wildman–Crippen MR) is 95.1 cm³/mol. The molecule has 0 fully saturated rings. The van der Waals surface area contributed by atoms with Gasteiger partial charge in [-0.3, -0.25) is 4.79 Å². The third-order valence-corrected chi connectivity index (χ3v) is 3.81. The normalized spacial score (nSPS) is 12.6. The number of fused-ring (bicyclic) bond motifs is 1. The third kappa shape index (κ3) is 4.21. The fraction of sp³-hybridized carbons (Fsp3) is 0.389. The van der Waals surface area contributed by atoms with Gasteiger partial charge in [0.1, 0.15) is 0 Å². The minimum atomic E-state index is -0.483. The van der Waals surface area contributed by atoms with E-state index in [9.17, 15) is 4.79 Å². The smallest absolute Gasteiger partial charge is 0.240 e. The highest BCUT2D eigenvalue weighted by molar-refractivity contribution is 5.85. The second kappa shape index (κ2) is 7.12. The van der Waals surface area contributed by atoms with Crippen molar-refractivity contribution in [2.45, 2.75) is 33.4 Å². The second-order valence-corrected chi connectivity index (χ2v) is 6.72. The molecule has 0 unspecified atom stereocenters. The highest BCUT2D eigenvalue weighted by Crippen LogP contribution is 2.20. The van der Waals surface area contributed by atoms with Crippen LogP contribution < -0.4 is 5.73 Å². The van der Waals surface area contributed by atoms with Crippen LogP contribution in [0.4, 0.5) is 0 Å². The topological polar surface area (TPSA) is 46.3 Å². The van der Waals surface area contributed by atoms with Gasteiger partial charge >= 0.3 is 0 Å². The minimum absolute atomic E-state index is 0. The molecule has 0 aliphatic carbocycles. The Morgan fingerprint density at radius 1 is 1.14 bits per heavy atom. The number of rotatable bonds is 3. The molecule has 0 bridgehead atoms. The van der Waals surface area contributed by atoms with Crippen LogP contribution in [-0.2, 0) is 11.3 Å². The molecule has 0 saturated heterocycles. The molecule has 120 valence electrons. The summed E-state index contributed by atoms with van der Waals surface area (Å²) in [7, 11) is 1.81. The molecule has 4 heteroatoms. The first-order valence-corrected chi connectivity index (χ1v) is 7.27. The van der Waals surface area contributed by atoms with E-state index in [0.29, 0.717) is 6.54 Å². The molecular weight excluding hydrogens is 296 g/mol. The van der Waals surface area contributed by atoms with Crippen molar-refractivity contribution < 1.29 is 4.79 Å². The molecule has 0 aliphatic rings. The number of amides is 1. The van der Waals surface area contributed by atoms with Gasteiger partial charge in [0.25, 0.3) is 0 Å². The number of hydrogen-bond donors (Lipinski definition) is 1. The first-order chi connectivity index (χ1) is 9.79. The van der Waals surface area contributed by atoms with E-state index < -0.39 is 6.04 Å². The maximum atomic E-state index is 12.4. The van der Waals surface area contributed by atoms with Gasteiger partial charge in [-0.2, -0.15) is 0 Å². The van der Waals surface area contributed by atoms with Gasteiger partial charge < -0.3 is 10.6 Å². The van der Waals surface area contributed by atoms with Crippen molar-refractivity contribution in [2.24, 2.45) is 11.1 Å². The van der Waals surface area contributed by atoms with Crippen LogP contribution >= 0.6 is 12.4 Å². The lowest BCUT2D eigenvalue weighted by atomic mass is 9.86. The van der Waals surface area contributed by atoms with Gasteiger partial charge in [-0.05, 0) is 27.8 Å². The van der Waals surface area contributed by atoms with Crippen LogP contribution in [-0.4, -0.2) is 23.9 Å². The molecule has 2 rings (SSSR count). The Morgan fingerprint density at radius 3 is 2.32 bits per heavy atom. The standard InChI is InChI=1S/C18H24N2O.ClH/c1-18(2,3)16(19)17(21)20(4)12-13-9-10-14-7-5-6-8-15(14)11-13;/h5-11,16H,12,19H2,1-4H3;1H/t16-;/m1./s1. The number of hydrogen-bond acceptors (Lipinski definition) is 2. The van der Waals surface area contributed by atoms with Crippen molar-refractivity contribution in [1.82, 2.24) is 4.90 Å². The molecule has 1 amide bonds. The average Bonchev–Trinajstić information content (AvgIpc) is 2.44. The summed E-state index contributed by atoms with van der Waals surface area (Å²) in [6.45, 7) is 6.53. The van der Waals surface area contributed by atoms with E-state index in [1.165, 1.54) is 10.8 Å². The molecule has 3 nitrogen and oxygen atoms in total. The summed E-state index contributed by atoms with van der Waals surface area (Å²) >= 11 is 0. The number of benzene rings is 2. The number of carbonyl (C=O) groups is 1. The Kier molecular flexibility index (Phi) is 5.98. The lowest BCUT2D eigenvalue weighted by molar-refractivity contribution is -0.134. The Hall–Kier alpha value is -1.58. The number of carbonyl (C=O) groups excluding carboxylic acids is 1. The Bertz CT molecular complexity index is 649. The Labute approximate surface area is 138 Å². The molecular formula is C18H25ClN2O. The molecule has 2 N–H and O–H groups in total. The molecule has 0 saturated carbocycles. The zero-order valence-corrected chi connectivity index (χ0v) is 14.5. The summed E-state index contributed by atoms with van der Waals surface area (Å²) in [6, 6.07) is 14.0. The SMILES string of the molecule is CN(Cc1ccc2ccccc2c1)C(=O)[C@@H](N)C(C)(C)C.Cl. The maximum absolute atomic E-state index is 12.4. The Balaban J connectivity index is 0.00000242. The molecule has 0 heterocycles. The Morgan fingerprint density at radius 2 is 1.73 bits per heavy atom. The molecule has 2 aromatic rings. The van der Waals surface area contributed by atoms with Crippen molar-refractivity contribution in [3.63, 3.8) is 0 Å². The maximum Gasteiger partial charge on any atom is 0.240 e. The van der Waals surface area contributed by atoms with E-state index in [2.05, 4.69) is 30.3 Å². The fourth-order valence-electron chi connectivity index (χ4n) is 2.30. The van der Waals surface area contributed by atoms with Crippen molar-refractivity contribution in [1.29, 1.82) is 0 Å². The number of likely N-dealkylation sites (N-methyl/N-ethyl adjacent to an activating group) is 1. The average molecular weight is 321 g/mol. The fourth-order valence-corrected chi connectivity index (χ4v) is 2.30. The van der Waals surface area contributed by atoms with Gasteiger partial charge in [0.15, 0.2) is 0 Å². The molecule has 0 spiro atoms. The molecule has 0 aromatic heterocycles. The number of nitrogens with two attached hydrogens (primary N) is 1. The van der Waals surface area contributed by atoms with E-state index in [-0.39, 0.29) is 23.7 Å². The first-order valence-electron chi connectivity index (χ1n) is 7.27. The van der Waals surface area contributed by atoms with Gasteiger partial charge in [-0.15, -0.1) is 12.4 Å². The summed E-state index contributed by atoms with van der Waals surface area (Å²) in [4.78, 5) is 14.1. The van der Waals surface area contributed by atoms with Crippen molar-refractivity contribution in [2.75, 3.05) is 7.05 Å². The van der Waals surface area contributed by atoms with Crippen molar-refractivity contribution in [3.05, 3.63) is 48.0 Å². The largest absolute Gasteiger partial charge is 0.340 e. The van der Waals surface area contributed by atoms with Crippen LogP contribution in [0.25, 0.3) is 10.8 Å². The van der Waals surface area contributed by atoms with Gasteiger partial charge in [-0.1, -0.05) is 57.2 Å². The summed E-state index contributed by atoms with van der Waals surface area (Å²) in [6.07, 6.45) is 0. The molecule has 2 aromatic carbocycles. The van der Waals surface area contributed by atoms with Gasteiger partial charge in [0, 0.05) is 13.6 Å². The van der Waals surface area contributed by atoms with Crippen LogP contribution in [0, 0.1) is 5.41 Å². The summed E-state index contributed by atoms with van der Waals surface area (Å²) in [5.74, 6) is -0.0179. The van der Waals surface area contributed by atoms with Crippen LogP contribution in [0.3, 0.4) is 0 Å². The van der Waals surface area contributed by atoms with Gasteiger partial charge in [-0.25, -0.2) is 0 Å².